The van der Waals surface area contributed by atoms with Crippen molar-refractivity contribution in [1.29, 1.82) is 0 Å². The third-order valence-electron chi connectivity index (χ3n) is 5.33. The highest BCUT2D eigenvalue weighted by molar-refractivity contribution is 6.46. The lowest BCUT2D eigenvalue weighted by Gasteiger charge is -2.30. The highest BCUT2D eigenvalue weighted by atomic mass is 35.5. The van der Waals surface area contributed by atoms with E-state index >= 15 is 0 Å². The zero-order valence-electron chi connectivity index (χ0n) is 10.7. The Morgan fingerprint density at radius 1 is 1.40 bits per heavy atom. The van der Waals surface area contributed by atoms with Crippen LogP contribution in [0.15, 0.2) is 17.2 Å². The van der Waals surface area contributed by atoms with Crippen LogP contribution in [-0.2, 0) is 11.2 Å². The molecular formula is C15H12ClN3O. The molecule has 2 bridgehead atoms. The van der Waals surface area contributed by atoms with Crippen LogP contribution in [0, 0.1) is 11.3 Å². The van der Waals surface area contributed by atoms with E-state index in [-0.39, 0.29) is 17.1 Å². The molecule has 1 fully saturated rings. The summed E-state index contributed by atoms with van der Waals surface area (Å²) in [4.78, 5) is 12.3. The van der Waals surface area contributed by atoms with Crippen molar-refractivity contribution >= 4 is 34.0 Å². The minimum atomic E-state index is 0.0746. The smallest absolute Gasteiger partial charge is 0.177 e. The number of fused-ring (bicyclic) bond motifs is 5. The molecule has 0 aliphatic heterocycles. The summed E-state index contributed by atoms with van der Waals surface area (Å²) >= 11 is 6.43. The van der Waals surface area contributed by atoms with Gasteiger partial charge in [0.05, 0.1) is 10.5 Å². The number of nitrogens with one attached hydrogen (secondary N) is 1. The van der Waals surface area contributed by atoms with Crippen LogP contribution >= 0.6 is 11.6 Å². The number of hydrogen-bond donors (Lipinski definition) is 1. The monoisotopic (exact) mass is 285 g/mol. The SMILES string of the molecule is O=C1C(Cl)=C2c3ccc4[nH]nnc4c3C[C@@]23CC[C@@H]1C3. The second-order valence-corrected chi connectivity index (χ2v) is 6.63. The summed E-state index contributed by atoms with van der Waals surface area (Å²) in [6.07, 6.45) is 3.92. The number of rotatable bonds is 0. The van der Waals surface area contributed by atoms with E-state index in [2.05, 4.69) is 21.5 Å². The van der Waals surface area contributed by atoms with Crippen molar-refractivity contribution in [3.05, 3.63) is 28.3 Å². The first kappa shape index (κ1) is 11.0. The van der Waals surface area contributed by atoms with Gasteiger partial charge in [-0.1, -0.05) is 22.9 Å². The molecule has 5 heteroatoms. The fraction of sp³-hybridized carbons (Fsp3) is 0.400. The van der Waals surface area contributed by atoms with Gasteiger partial charge in [0.15, 0.2) is 5.78 Å². The van der Waals surface area contributed by atoms with Gasteiger partial charge in [0.25, 0.3) is 0 Å². The highest BCUT2D eigenvalue weighted by Gasteiger charge is 2.54. The molecule has 2 atom stereocenters. The number of Topliss-reactive ketones (excluding diaryl/α,β-unsaturated/α-hetero) is 1. The van der Waals surface area contributed by atoms with E-state index in [1.54, 1.807) is 0 Å². The van der Waals surface area contributed by atoms with Crippen LogP contribution in [-0.4, -0.2) is 21.2 Å². The average molecular weight is 286 g/mol. The third-order valence-corrected chi connectivity index (χ3v) is 5.71. The summed E-state index contributed by atoms with van der Waals surface area (Å²) in [5.74, 6) is 0.274. The molecule has 20 heavy (non-hydrogen) atoms. The van der Waals surface area contributed by atoms with Gasteiger partial charge in [-0.15, -0.1) is 5.10 Å². The van der Waals surface area contributed by atoms with E-state index in [9.17, 15) is 4.79 Å². The molecule has 0 saturated heterocycles. The van der Waals surface area contributed by atoms with Gasteiger partial charge in [-0.05, 0) is 48.4 Å². The topological polar surface area (TPSA) is 58.6 Å². The maximum absolute atomic E-state index is 12.3. The number of hydrogen-bond acceptors (Lipinski definition) is 3. The first-order valence-corrected chi connectivity index (χ1v) is 7.35. The van der Waals surface area contributed by atoms with Gasteiger partial charge in [0.2, 0.25) is 0 Å². The van der Waals surface area contributed by atoms with Crippen molar-refractivity contribution in [3.63, 3.8) is 0 Å². The highest BCUT2D eigenvalue weighted by Crippen LogP contribution is 2.63. The Balaban J connectivity index is 1.88. The van der Waals surface area contributed by atoms with Crippen molar-refractivity contribution in [2.75, 3.05) is 0 Å². The molecule has 0 unspecified atom stereocenters. The van der Waals surface area contributed by atoms with Crippen molar-refractivity contribution in [2.45, 2.75) is 25.7 Å². The van der Waals surface area contributed by atoms with Gasteiger partial charge in [-0.2, -0.15) is 0 Å². The minimum Gasteiger partial charge on any atom is -0.293 e. The molecular weight excluding hydrogens is 274 g/mol. The summed E-state index contributed by atoms with van der Waals surface area (Å²) in [5.41, 5.74) is 5.36. The molecule has 1 aromatic heterocycles. The Labute approximate surface area is 120 Å². The maximum atomic E-state index is 12.3. The number of allylic oxidation sites excluding steroid dienone is 2. The Bertz CT molecular complexity index is 822. The predicted molar refractivity (Wildman–Crippen MR) is 75.1 cm³/mol. The van der Waals surface area contributed by atoms with Crippen molar-refractivity contribution < 1.29 is 4.79 Å². The number of carbonyl (C=O) groups is 1. The number of halogens is 1. The predicted octanol–water partition coefficient (Wildman–Crippen LogP) is 2.83. The molecule has 100 valence electrons. The first-order valence-electron chi connectivity index (χ1n) is 6.97. The Morgan fingerprint density at radius 2 is 2.30 bits per heavy atom. The Kier molecular flexibility index (Phi) is 1.83. The fourth-order valence-electron chi connectivity index (χ4n) is 4.49. The van der Waals surface area contributed by atoms with Gasteiger partial charge in [0.1, 0.15) is 5.52 Å². The van der Waals surface area contributed by atoms with E-state index in [0.29, 0.717) is 5.03 Å². The van der Waals surface area contributed by atoms with Crippen LogP contribution in [0.4, 0.5) is 0 Å². The quantitative estimate of drug-likeness (QED) is 0.810. The zero-order chi connectivity index (χ0) is 13.5. The van der Waals surface area contributed by atoms with Crippen LogP contribution in [0.1, 0.15) is 30.4 Å². The number of H-pyrrole nitrogens is 1. The normalized spacial score (nSPS) is 31.1. The second kappa shape index (κ2) is 3.31. The Morgan fingerprint density at radius 3 is 3.20 bits per heavy atom. The van der Waals surface area contributed by atoms with Gasteiger partial charge < -0.3 is 0 Å². The van der Waals surface area contributed by atoms with E-state index in [0.717, 1.165) is 47.9 Å². The van der Waals surface area contributed by atoms with E-state index in [1.165, 1.54) is 5.56 Å². The van der Waals surface area contributed by atoms with Gasteiger partial charge in [-0.25, -0.2) is 0 Å². The molecule has 1 spiro atoms. The number of benzene rings is 1. The summed E-state index contributed by atoms with van der Waals surface area (Å²) in [6, 6.07) is 4.05. The summed E-state index contributed by atoms with van der Waals surface area (Å²) < 4.78 is 0. The lowest BCUT2D eigenvalue weighted by Crippen LogP contribution is -2.25. The van der Waals surface area contributed by atoms with Gasteiger partial charge in [0, 0.05) is 11.3 Å². The molecule has 3 aliphatic carbocycles. The molecule has 1 N–H and O–H groups in total. The largest absolute Gasteiger partial charge is 0.293 e. The van der Waals surface area contributed by atoms with Gasteiger partial charge >= 0.3 is 0 Å². The van der Waals surface area contributed by atoms with Crippen molar-refractivity contribution in [2.24, 2.45) is 11.3 Å². The standard InChI is InChI=1S/C15H12ClN3O/c16-12-11-8-1-2-10-13(18-19-17-10)9(8)6-15(11)4-3-7(5-15)14(12)20/h1-2,7H,3-6H2,(H,17,18,19)/t7-,15+/m1/s1. The third kappa shape index (κ3) is 1.09. The first-order chi connectivity index (χ1) is 9.70. The molecule has 0 amide bonds. The maximum Gasteiger partial charge on any atom is 0.177 e. The lowest BCUT2D eigenvalue weighted by molar-refractivity contribution is -0.118. The van der Waals surface area contributed by atoms with Gasteiger partial charge in [-0.3, -0.25) is 9.89 Å². The van der Waals surface area contributed by atoms with E-state index < -0.39 is 0 Å². The van der Waals surface area contributed by atoms with E-state index in [1.807, 2.05) is 6.07 Å². The summed E-state index contributed by atoms with van der Waals surface area (Å²) in [7, 11) is 0. The number of aromatic amines is 1. The van der Waals surface area contributed by atoms with Crippen LogP contribution in [0.25, 0.3) is 16.6 Å². The molecule has 1 saturated carbocycles. The van der Waals surface area contributed by atoms with E-state index in [4.69, 9.17) is 11.6 Å². The van der Waals surface area contributed by atoms with Crippen molar-refractivity contribution in [1.82, 2.24) is 15.4 Å². The lowest BCUT2D eigenvalue weighted by atomic mass is 9.74. The van der Waals surface area contributed by atoms with Crippen LogP contribution in [0.3, 0.4) is 0 Å². The van der Waals surface area contributed by atoms with Crippen LogP contribution in [0.2, 0.25) is 0 Å². The molecule has 2 aromatic rings. The summed E-state index contributed by atoms with van der Waals surface area (Å²) in [6.45, 7) is 0. The Hall–Kier alpha value is -1.68. The molecule has 1 heterocycles. The minimum absolute atomic E-state index is 0.0746. The fourth-order valence-corrected chi connectivity index (χ4v) is 4.94. The molecule has 5 rings (SSSR count). The molecule has 1 aromatic carbocycles. The van der Waals surface area contributed by atoms with Crippen LogP contribution in [0.5, 0.6) is 0 Å². The number of carbonyl (C=O) groups excluding carboxylic acids is 1. The number of nitrogens with zero attached hydrogens (tertiary/aromatic N) is 2. The number of aromatic nitrogens is 3. The zero-order valence-corrected chi connectivity index (χ0v) is 11.5. The van der Waals surface area contributed by atoms with Crippen LogP contribution < -0.4 is 0 Å². The van der Waals surface area contributed by atoms with Crippen molar-refractivity contribution in [3.8, 4) is 0 Å². The number of ketones is 1. The second-order valence-electron chi connectivity index (χ2n) is 6.25. The molecule has 4 nitrogen and oxygen atoms in total. The molecule has 3 aliphatic rings. The summed E-state index contributed by atoms with van der Waals surface area (Å²) in [5, 5.41) is 11.5. The average Bonchev–Trinajstić information content (AvgIpc) is 3.11. The molecule has 0 radical (unpaired) electrons.